The van der Waals surface area contributed by atoms with Gasteiger partial charge in [0, 0.05) is 17.1 Å². The lowest BCUT2D eigenvalue weighted by molar-refractivity contribution is -0.122. The van der Waals surface area contributed by atoms with E-state index in [-0.39, 0.29) is 18.2 Å². The molecule has 2 heterocycles. The Hall–Kier alpha value is -3.61. The summed E-state index contributed by atoms with van der Waals surface area (Å²) in [5, 5.41) is 8.99. The molecule has 1 aromatic heterocycles. The van der Waals surface area contributed by atoms with Crippen LogP contribution in [0.2, 0.25) is 0 Å². The van der Waals surface area contributed by atoms with Crippen LogP contribution in [0.15, 0.2) is 54.7 Å². The van der Waals surface area contributed by atoms with Gasteiger partial charge in [0.1, 0.15) is 6.04 Å². The number of aromatic amines is 1. The highest BCUT2D eigenvalue weighted by atomic mass is 16.2. The van der Waals surface area contributed by atoms with Gasteiger partial charge in [-0.3, -0.25) is 14.4 Å². The molecule has 7 nitrogen and oxygen atoms in total. The summed E-state index contributed by atoms with van der Waals surface area (Å²) in [5.74, 6) is -1.16. The second kappa shape index (κ2) is 6.36. The summed E-state index contributed by atoms with van der Waals surface area (Å²) in [6, 6.07) is 13.2. The van der Waals surface area contributed by atoms with Crippen molar-refractivity contribution in [3.63, 3.8) is 0 Å². The van der Waals surface area contributed by atoms with Crippen LogP contribution in [-0.4, -0.2) is 28.7 Å². The number of benzene rings is 2. The minimum absolute atomic E-state index is 0.160. The third-order valence-corrected chi connectivity index (χ3v) is 4.31. The predicted octanol–water partition coefficient (Wildman–Crippen LogP) is 2.25. The van der Waals surface area contributed by atoms with E-state index in [0.29, 0.717) is 16.9 Å². The van der Waals surface area contributed by atoms with Crippen LogP contribution in [0, 0.1) is 0 Å². The number of aromatic nitrogens is 1. The summed E-state index contributed by atoms with van der Waals surface area (Å²) >= 11 is 0. The second-order valence-electron chi connectivity index (χ2n) is 6.06. The van der Waals surface area contributed by atoms with E-state index in [1.807, 2.05) is 18.2 Å². The van der Waals surface area contributed by atoms with Crippen molar-refractivity contribution in [2.75, 3.05) is 10.6 Å². The number of carbonyl (C=O) groups excluding carboxylic acids is 3. The van der Waals surface area contributed by atoms with Crippen LogP contribution in [0.1, 0.15) is 16.8 Å². The Kier molecular flexibility index (Phi) is 3.89. The summed E-state index contributed by atoms with van der Waals surface area (Å²) in [7, 11) is 0. The van der Waals surface area contributed by atoms with E-state index in [1.165, 1.54) is 0 Å². The van der Waals surface area contributed by atoms with E-state index in [2.05, 4.69) is 20.9 Å². The maximum Gasteiger partial charge on any atom is 0.254 e. The van der Waals surface area contributed by atoms with Crippen LogP contribution >= 0.6 is 0 Å². The number of fused-ring (bicyclic) bond motifs is 2. The molecule has 0 radical (unpaired) electrons. The molecular formula is C19H16N4O3. The van der Waals surface area contributed by atoms with Crippen molar-refractivity contribution in [3.05, 3.63) is 60.3 Å². The summed E-state index contributed by atoms with van der Waals surface area (Å²) in [6.07, 6.45) is 1.63. The summed E-state index contributed by atoms with van der Waals surface area (Å²) < 4.78 is 0. The second-order valence-corrected chi connectivity index (χ2v) is 6.06. The lowest BCUT2D eigenvalue weighted by atomic mass is 10.1. The highest BCUT2D eigenvalue weighted by molar-refractivity contribution is 6.11. The number of hydrogen-bond donors (Lipinski definition) is 4. The van der Waals surface area contributed by atoms with Gasteiger partial charge >= 0.3 is 0 Å². The number of nitrogens with one attached hydrogen (secondary N) is 4. The van der Waals surface area contributed by atoms with E-state index in [0.717, 1.165) is 10.9 Å². The van der Waals surface area contributed by atoms with Gasteiger partial charge < -0.3 is 20.9 Å². The summed E-state index contributed by atoms with van der Waals surface area (Å²) in [4.78, 5) is 40.2. The lowest BCUT2D eigenvalue weighted by Crippen LogP contribution is -2.43. The summed E-state index contributed by atoms with van der Waals surface area (Å²) in [5.41, 5.74) is 2.37. The number of anilines is 2. The van der Waals surface area contributed by atoms with E-state index in [9.17, 15) is 14.4 Å². The van der Waals surface area contributed by atoms with Crippen LogP contribution in [0.3, 0.4) is 0 Å². The standard InChI is InChI=1S/C19H16N4O3/c24-17(21-14-7-3-6-13-11(14)8-9-20-13)10-16-19(26)22-15-5-2-1-4-12(15)18(25)23-16/h1-9,16,20H,10H2,(H,21,24)(H,22,26)(H,23,25)/t16-/m0/s1. The zero-order valence-electron chi connectivity index (χ0n) is 13.7. The highest BCUT2D eigenvalue weighted by Crippen LogP contribution is 2.23. The SMILES string of the molecule is O=C(C[C@@H]1NC(=O)c2ccccc2NC1=O)Nc1cccc2[nH]ccc12. The molecule has 4 N–H and O–H groups in total. The van der Waals surface area contributed by atoms with E-state index >= 15 is 0 Å². The topological polar surface area (TPSA) is 103 Å². The van der Waals surface area contributed by atoms with Gasteiger partial charge in [0.05, 0.1) is 23.4 Å². The molecule has 130 valence electrons. The van der Waals surface area contributed by atoms with Crippen LogP contribution in [0.25, 0.3) is 10.9 Å². The molecule has 3 aromatic rings. The normalized spacial score (nSPS) is 16.4. The van der Waals surface area contributed by atoms with Crippen LogP contribution in [0.5, 0.6) is 0 Å². The number of amides is 3. The van der Waals surface area contributed by atoms with Gasteiger partial charge in [-0.25, -0.2) is 0 Å². The van der Waals surface area contributed by atoms with Crippen molar-refractivity contribution in [3.8, 4) is 0 Å². The molecule has 2 aromatic carbocycles. The lowest BCUT2D eigenvalue weighted by Gasteiger charge is -2.14. The van der Waals surface area contributed by atoms with Crippen molar-refractivity contribution < 1.29 is 14.4 Å². The monoisotopic (exact) mass is 348 g/mol. The first-order chi connectivity index (χ1) is 12.6. The van der Waals surface area contributed by atoms with Crippen LogP contribution in [-0.2, 0) is 9.59 Å². The Morgan fingerprint density at radius 2 is 1.88 bits per heavy atom. The molecular weight excluding hydrogens is 332 g/mol. The number of rotatable bonds is 3. The summed E-state index contributed by atoms with van der Waals surface area (Å²) in [6.45, 7) is 0. The molecule has 0 saturated carbocycles. The average Bonchev–Trinajstić information content (AvgIpc) is 3.07. The molecule has 0 unspecified atom stereocenters. The third-order valence-electron chi connectivity index (χ3n) is 4.31. The van der Waals surface area contributed by atoms with Crippen molar-refractivity contribution in [2.24, 2.45) is 0 Å². The van der Waals surface area contributed by atoms with Crippen molar-refractivity contribution in [1.29, 1.82) is 0 Å². The Morgan fingerprint density at radius 3 is 2.77 bits per heavy atom. The Morgan fingerprint density at radius 1 is 1.04 bits per heavy atom. The Balaban J connectivity index is 1.50. The highest BCUT2D eigenvalue weighted by Gasteiger charge is 2.29. The van der Waals surface area contributed by atoms with E-state index in [4.69, 9.17) is 0 Å². The molecule has 0 bridgehead atoms. The number of hydrogen-bond acceptors (Lipinski definition) is 3. The molecule has 4 rings (SSSR count). The van der Waals surface area contributed by atoms with Gasteiger partial charge in [0.2, 0.25) is 11.8 Å². The molecule has 0 fully saturated rings. The van der Waals surface area contributed by atoms with E-state index < -0.39 is 11.9 Å². The van der Waals surface area contributed by atoms with Crippen molar-refractivity contribution in [1.82, 2.24) is 10.3 Å². The van der Waals surface area contributed by atoms with Gasteiger partial charge in [-0.2, -0.15) is 0 Å². The predicted molar refractivity (Wildman–Crippen MR) is 97.9 cm³/mol. The van der Waals surface area contributed by atoms with Gasteiger partial charge in [-0.15, -0.1) is 0 Å². The molecule has 1 aliphatic rings. The number of H-pyrrole nitrogens is 1. The molecule has 7 heteroatoms. The maximum atomic E-state index is 12.4. The molecule has 3 amide bonds. The molecule has 1 aliphatic heterocycles. The van der Waals surface area contributed by atoms with Gasteiger partial charge in [0.25, 0.3) is 5.91 Å². The van der Waals surface area contributed by atoms with E-state index in [1.54, 1.807) is 36.5 Å². The van der Waals surface area contributed by atoms with Crippen LogP contribution in [0.4, 0.5) is 11.4 Å². The molecule has 26 heavy (non-hydrogen) atoms. The molecule has 0 spiro atoms. The number of para-hydroxylation sites is 1. The first-order valence-corrected chi connectivity index (χ1v) is 8.18. The smallest absolute Gasteiger partial charge is 0.254 e. The number of carbonyl (C=O) groups is 3. The van der Waals surface area contributed by atoms with Crippen molar-refractivity contribution >= 4 is 40.0 Å². The Labute approximate surface area is 148 Å². The molecule has 0 aliphatic carbocycles. The zero-order chi connectivity index (χ0) is 18.1. The fourth-order valence-electron chi connectivity index (χ4n) is 3.04. The largest absolute Gasteiger partial charge is 0.361 e. The third kappa shape index (κ3) is 2.90. The molecule has 0 saturated heterocycles. The van der Waals surface area contributed by atoms with Gasteiger partial charge in [0.15, 0.2) is 0 Å². The zero-order valence-corrected chi connectivity index (χ0v) is 13.7. The average molecular weight is 348 g/mol. The minimum atomic E-state index is -0.944. The first-order valence-electron chi connectivity index (χ1n) is 8.18. The first kappa shape index (κ1) is 15.9. The maximum absolute atomic E-state index is 12.4. The fraction of sp³-hybridized carbons (Fsp3) is 0.105. The molecule has 1 atom stereocenters. The van der Waals surface area contributed by atoms with Crippen molar-refractivity contribution in [2.45, 2.75) is 12.5 Å². The fourth-order valence-corrected chi connectivity index (χ4v) is 3.04. The van der Waals surface area contributed by atoms with Gasteiger partial charge in [-0.05, 0) is 30.3 Å². The van der Waals surface area contributed by atoms with Gasteiger partial charge in [-0.1, -0.05) is 18.2 Å². The minimum Gasteiger partial charge on any atom is -0.361 e. The quantitative estimate of drug-likeness (QED) is 0.584. The Bertz CT molecular complexity index is 1020. The van der Waals surface area contributed by atoms with Crippen LogP contribution < -0.4 is 16.0 Å².